The molecule has 80 valence electrons. The highest BCUT2D eigenvalue weighted by atomic mass is 16.5. The minimum atomic E-state index is -0.376. The average Bonchev–Trinajstić information content (AvgIpc) is 2.18. The summed E-state index contributed by atoms with van der Waals surface area (Å²) < 4.78 is 4.75. The van der Waals surface area contributed by atoms with Gasteiger partial charge in [-0.25, -0.2) is 0 Å². The molecule has 1 aromatic carbocycles. The lowest BCUT2D eigenvalue weighted by Crippen LogP contribution is -2.11. The lowest BCUT2D eigenvalue weighted by molar-refractivity contribution is -0.141. The Balaban J connectivity index is 2.61. The molecule has 0 aliphatic heterocycles. The van der Waals surface area contributed by atoms with Crippen LogP contribution in [0.25, 0.3) is 0 Å². The van der Waals surface area contributed by atoms with Crippen molar-refractivity contribution in [2.24, 2.45) is 0 Å². The fourth-order valence-corrected chi connectivity index (χ4v) is 1.14. The standard InChI is InChI=1S/C11H14N2O2/c1-2-15-11(14)7-10(13)8-3-5-9(12)6-4-8/h3-6,13H,2,7,12H2,1H3. The number of nitrogens with two attached hydrogens (primary N) is 1. The molecular weight excluding hydrogens is 192 g/mol. The summed E-state index contributed by atoms with van der Waals surface area (Å²) >= 11 is 0. The molecule has 0 saturated carbocycles. The van der Waals surface area contributed by atoms with E-state index in [2.05, 4.69) is 0 Å². The van der Waals surface area contributed by atoms with E-state index in [1.54, 1.807) is 31.2 Å². The van der Waals surface area contributed by atoms with Gasteiger partial charge in [0.05, 0.1) is 13.0 Å². The maximum Gasteiger partial charge on any atom is 0.311 e. The second-order valence-corrected chi connectivity index (χ2v) is 3.08. The first-order valence-electron chi connectivity index (χ1n) is 4.72. The van der Waals surface area contributed by atoms with Gasteiger partial charge in [0.1, 0.15) is 0 Å². The molecule has 0 atom stereocenters. The van der Waals surface area contributed by atoms with E-state index in [-0.39, 0.29) is 18.1 Å². The van der Waals surface area contributed by atoms with Crippen LogP contribution in [0.3, 0.4) is 0 Å². The van der Waals surface area contributed by atoms with Crippen LogP contribution in [0.1, 0.15) is 18.9 Å². The van der Waals surface area contributed by atoms with Gasteiger partial charge in [-0.3, -0.25) is 4.79 Å². The van der Waals surface area contributed by atoms with Crippen molar-refractivity contribution in [3.05, 3.63) is 29.8 Å². The third kappa shape index (κ3) is 3.42. The summed E-state index contributed by atoms with van der Waals surface area (Å²) in [5, 5.41) is 7.67. The van der Waals surface area contributed by atoms with Crippen LogP contribution in [0.5, 0.6) is 0 Å². The van der Waals surface area contributed by atoms with E-state index in [4.69, 9.17) is 15.9 Å². The molecule has 0 saturated heterocycles. The van der Waals surface area contributed by atoms with Crippen molar-refractivity contribution >= 4 is 17.4 Å². The number of benzene rings is 1. The van der Waals surface area contributed by atoms with E-state index < -0.39 is 0 Å². The van der Waals surface area contributed by atoms with Gasteiger partial charge in [0.25, 0.3) is 0 Å². The van der Waals surface area contributed by atoms with Crippen LogP contribution in [0.2, 0.25) is 0 Å². The topological polar surface area (TPSA) is 76.2 Å². The van der Waals surface area contributed by atoms with Gasteiger partial charge < -0.3 is 15.9 Å². The molecule has 0 aliphatic rings. The predicted octanol–water partition coefficient (Wildman–Crippen LogP) is 1.59. The van der Waals surface area contributed by atoms with Crippen LogP contribution in [0, 0.1) is 5.41 Å². The minimum absolute atomic E-state index is 0.00222. The molecular formula is C11H14N2O2. The van der Waals surface area contributed by atoms with Crippen LogP contribution in [0.15, 0.2) is 24.3 Å². The first kappa shape index (κ1) is 11.2. The Morgan fingerprint density at radius 1 is 1.40 bits per heavy atom. The van der Waals surface area contributed by atoms with E-state index in [1.807, 2.05) is 0 Å². The summed E-state index contributed by atoms with van der Waals surface area (Å²) in [4.78, 5) is 11.1. The highest BCUT2D eigenvalue weighted by Gasteiger charge is 2.08. The summed E-state index contributed by atoms with van der Waals surface area (Å²) in [5.74, 6) is -0.376. The van der Waals surface area contributed by atoms with Gasteiger partial charge in [0.15, 0.2) is 0 Å². The first-order chi connectivity index (χ1) is 7.13. The molecule has 0 fully saturated rings. The van der Waals surface area contributed by atoms with Crippen LogP contribution in [-0.4, -0.2) is 18.3 Å². The average molecular weight is 206 g/mol. The predicted molar refractivity (Wildman–Crippen MR) is 58.9 cm³/mol. The number of nitrogens with one attached hydrogen (secondary N) is 1. The number of carbonyl (C=O) groups excluding carboxylic acids is 1. The number of esters is 1. The number of hydrogen-bond donors (Lipinski definition) is 2. The highest BCUT2D eigenvalue weighted by Crippen LogP contribution is 2.08. The maximum absolute atomic E-state index is 11.1. The van der Waals surface area contributed by atoms with Gasteiger partial charge in [0.2, 0.25) is 0 Å². The molecule has 0 bridgehead atoms. The molecule has 0 unspecified atom stereocenters. The molecule has 0 aromatic heterocycles. The van der Waals surface area contributed by atoms with Crippen molar-refractivity contribution in [1.29, 1.82) is 5.41 Å². The lowest BCUT2D eigenvalue weighted by atomic mass is 10.1. The van der Waals surface area contributed by atoms with Crippen LogP contribution in [0.4, 0.5) is 5.69 Å². The smallest absolute Gasteiger partial charge is 0.311 e. The second-order valence-electron chi connectivity index (χ2n) is 3.08. The summed E-state index contributed by atoms with van der Waals surface area (Å²) in [6.45, 7) is 2.08. The fourth-order valence-electron chi connectivity index (χ4n) is 1.14. The summed E-state index contributed by atoms with van der Waals surface area (Å²) in [6, 6.07) is 6.85. The van der Waals surface area contributed by atoms with E-state index in [0.29, 0.717) is 17.9 Å². The number of rotatable bonds is 4. The first-order valence-corrected chi connectivity index (χ1v) is 4.72. The second kappa shape index (κ2) is 5.14. The van der Waals surface area contributed by atoms with Gasteiger partial charge in [-0.2, -0.15) is 0 Å². The minimum Gasteiger partial charge on any atom is -0.466 e. The molecule has 0 heterocycles. The third-order valence-corrected chi connectivity index (χ3v) is 1.89. The van der Waals surface area contributed by atoms with E-state index in [9.17, 15) is 4.79 Å². The number of carbonyl (C=O) groups is 1. The Kier molecular flexibility index (Phi) is 3.85. The van der Waals surface area contributed by atoms with E-state index in [0.717, 1.165) is 0 Å². The maximum atomic E-state index is 11.1. The highest BCUT2D eigenvalue weighted by molar-refractivity contribution is 6.07. The molecule has 1 aromatic rings. The van der Waals surface area contributed by atoms with E-state index in [1.165, 1.54) is 0 Å². The summed E-state index contributed by atoms with van der Waals surface area (Å²) in [5.41, 5.74) is 7.09. The lowest BCUT2D eigenvalue weighted by Gasteiger charge is -2.04. The fraction of sp³-hybridized carbons (Fsp3) is 0.273. The molecule has 15 heavy (non-hydrogen) atoms. The monoisotopic (exact) mass is 206 g/mol. The number of nitrogen functional groups attached to an aromatic ring is 1. The van der Waals surface area contributed by atoms with Gasteiger partial charge >= 0.3 is 5.97 Å². The van der Waals surface area contributed by atoms with Crippen LogP contribution < -0.4 is 5.73 Å². The zero-order valence-electron chi connectivity index (χ0n) is 8.62. The molecule has 3 N–H and O–H groups in total. The molecule has 0 radical (unpaired) electrons. The molecule has 4 heteroatoms. The van der Waals surface area contributed by atoms with E-state index >= 15 is 0 Å². The van der Waals surface area contributed by atoms with Crippen LogP contribution in [-0.2, 0) is 9.53 Å². The summed E-state index contributed by atoms with van der Waals surface area (Å²) in [6.07, 6.45) is -0.00222. The van der Waals surface area contributed by atoms with Gasteiger partial charge in [-0.1, -0.05) is 12.1 Å². The Bertz CT molecular complexity index is 357. The van der Waals surface area contributed by atoms with Crippen molar-refractivity contribution in [2.75, 3.05) is 12.3 Å². The van der Waals surface area contributed by atoms with Crippen molar-refractivity contribution in [3.8, 4) is 0 Å². The van der Waals surface area contributed by atoms with Crippen LogP contribution >= 0.6 is 0 Å². The molecule has 0 amide bonds. The number of anilines is 1. The normalized spacial score (nSPS) is 9.67. The summed E-state index contributed by atoms with van der Waals surface area (Å²) in [7, 11) is 0. The van der Waals surface area contributed by atoms with Crippen molar-refractivity contribution in [1.82, 2.24) is 0 Å². The Morgan fingerprint density at radius 3 is 2.53 bits per heavy atom. The van der Waals surface area contributed by atoms with Crippen molar-refractivity contribution in [2.45, 2.75) is 13.3 Å². The van der Waals surface area contributed by atoms with Crippen molar-refractivity contribution in [3.63, 3.8) is 0 Å². The van der Waals surface area contributed by atoms with Gasteiger partial charge in [0, 0.05) is 11.4 Å². The SMILES string of the molecule is CCOC(=O)CC(=N)c1ccc(N)cc1. The molecule has 4 nitrogen and oxygen atoms in total. The Morgan fingerprint density at radius 2 is 2.00 bits per heavy atom. The molecule has 1 rings (SSSR count). The largest absolute Gasteiger partial charge is 0.466 e. The third-order valence-electron chi connectivity index (χ3n) is 1.89. The molecule has 0 aliphatic carbocycles. The van der Waals surface area contributed by atoms with Gasteiger partial charge in [-0.15, -0.1) is 0 Å². The Labute approximate surface area is 88.6 Å². The number of hydrogen-bond acceptors (Lipinski definition) is 4. The molecule has 0 spiro atoms. The van der Waals surface area contributed by atoms with Crippen molar-refractivity contribution < 1.29 is 9.53 Å². The number of ether oxygens (including phenoxy) is 1. The quantitative estimate of drug-likeness (QED) is 0.446. The van der Waals surface area contributed by atoms with Gasteiger partial charge in [-0.05, 0) is 24.6 Å². The zero-order valence-corrected chi connectivity index (χ0v) is 8.62. The zero-order chi connectivity index (χ0) is 11.3. The Hall–Kier alpha value is -1.84.